The van der Waals surface area contributed by atoms with Gasteiger partial charge >= 0.3 is 6.18 Å². The second-order valence-corrected chi connectivity index (χ2v) is 7.04. The second-order valence-electron chi connectivity index (χ2n) is 7.04. The van der Waals surface area contributed by atoms with Crippen LogP contribution >= 0.6 is 0 Å². The minimum absolute atomic E-state index is 0.106. The van der Waals surface area contributed by atoms with Crippen LogP contribution in [0.1, 0.15) is 41.3 Å². The SMILES string of the molecule is Fc1ccccc1Cc1nnc(C2(c3cccc(C(F)(F)F)c3)CCOCC2)o1. The molecular weight excluding hydrogens is 388 g/mol. The van der Waals surface area contributed by atoms with Crippen molar-refractivity contribution in [3.63, 3.8) is 0 Å². The van der Waals surface area contributed by atoms with Crippen LogP contribution in [0.25, 0.3) is 0 Å². The first-order valence-corrected chi connectivity index (χ1v) is 9.20. The van der Waals surface area contributed by atoms with Crippen LogP contribution in [0.5, 0.6) is 0 Å². The number of halogens is 4. The molecule has 8 heteroatoms. The summed E-state index contributed by atoms with van der Waals surface area (Å²) in [6, 6.07) is 11.4. The van der Waals surface area contributed by atoms with Gasteiger partial charge in [0.15, 0.2) is 0 Å². The first kappa shape index (κ1) is 19.6. The highest BCUT2D eigenvalue weighted by atomic mass is 19.4. The highest BCUT2D eigenvalue weighted by Gasteiger charge is 2.42. The molecule has 0 atom stereocenters. The van der Waals surface area contributed by atoms with Crippen molar-refractivity contribution >= 4 is 0 Å². The molecule has 0 radical (unpaired) electrons. The van der Waals surface area contributed by atoms with Crippen molar-refractivity contribution < 1.29 is 26.7 Å². The van der Waals surface area contributed by atoms with E-state index in [2.05, 4.69) is 10.2 Å². The molecular formula is C21H18F4N2O2. The van der Waals surface area contributed by atoms with Gasteiger partial charge in [-0.25, -0.2) is 4.39 Å². The van der Waals surface area contributed by atoms with Gasteiger partial charge in [-0.15, -0.1) is 10.2 Å². The topological polar surface area (TPSA) is 48.2 Å². The summed E-state index contributed by atoms with van der Waals surface area (Å²) >= 11 is 0. The van der Waals surface area contributed by atoms with E-state index in [9.17, 15) is 17.6 Å². The van der Waals surface area contributed by atoms with Crippen LogP contribution in [-0.2, 0) is 22.7 Å². The Morgan fingerprint density at radius 2 is 1.72 bits per heavy atom. The van der Waals surface area contributed by atoms with E-state index in [-0.39, 0.29) is 24.0 Å². The summed E-state index contributed by atoms with van der Waals surface area (Å²) < 4.78 is 64.9. The van der Waals surface area contributed by atoms with E-state index >= 15 is 0 Å². The first-order chi connectivity index (χ1) is 13.9. The van der Waals surface area contributed by atoms with E-state index in [1.54, 1.807) is 24.3 Å². The summed E-state index contributed by atoms with van der Waals surface area (Å²) in [5, 5.41) is 8.15. The highest BCUT2D eigenvalue weighted by molar-refractivity contribution is 5.36. The van der Waals surface area contributed by atoms with Crippen molar-refractivity contribution in [1.82, 2.24) is 10.2 Å². The summed E-state index contributed by atoms with van der Waals surface area (Å²) in [7, 11) is 0. The molecule has 0 saturated carbocycles. The smallest absolute Gasteiger partial charge is 0.416 e. The lowest BCUT2D eigenvalue weighted by molar-refractivity contribution is -0.137. The Labute approximate surface area is 164 Å². The van der Waals surface area contributed by atoms with E-state index in [0.29, 0.717) is 37.2 Å². The van der Waals surface area contributed by atoms with Crippen molar-refractivity contribution in [2.24, 2.45) is 0 Å². The van der Waals surface area contributed by atoms with Gasteiger partial charge in [-0.05, 0) is 36.1 Å². The molecule has 2 heterocycles. The number of ether oxygens (including phenoxy) is 1. The van der Waals surface area contributed by atoms with Crippen LogP contribution in [0.4, 0.5) is 17.6 Å². The predicted molar refractivity (Wildman–Crippen MR) is 95.8 cm³/mol. The van der Waals surface area contributed by atoms with Crippen LogP contribution in [0.15, 0.2) is 52.9 Å². The van der Waals surface area contributed by atoms with E-state index < -0.39 is 17.2 Å². The Kier molecular flexibility index (Phi) is 5.12. The van der Waals surface area contributed by atoms with Crippen molar-refractivity contribution in [3.8, 4) is 0 Å². The molecule has 1 aromatic heterocycles. The molecule has 1 aliphatic heterocycles. The third-order valence-corrected chi connectivity index (χ3v) is 5.26. The molecule has 0 bridgehead atoms. The summed E-state index contributed by atoms with van der Waals surface area (Å²) in [5.41, 5.74) is -0.744. The molecule has 4 nitrogen and oxygen atoms in total. The van der Waals surface area contributed by atoms with Gasteiger partial charge in [0, 0.05) is 13.2 Å². The molecule has 4 rings (SSSR count). The first-order valence-electron chi connectivity index (χ1n) is 9.20. The molecule has 0 N–H and O–H groups in total. The van der Waals surface area contributed by atoms with Gasteiger partial charge in [-0.3, -0.25) is 0 Å². The lowest BCUT2D eigenvalue weighted by Gasteiger charge is -2.34. The van der Waals surface area contributed by atoms with Gasteiger partial charge in [0.2, 0.25) is 11.8 Å². The Hall–Kier alpha value is -2.74. The summed E-state index contributed by atoms with van der Waals surface area (Å²) in [6.45, 7) is 0.725. The third kappa shape index (κ3) is 3.89. The third-order valence-electron chi connectivity index (χ3n) is 5.26. The van der Waals surface area contributed by atoms with Crippen molar-refractivity contribution in [3.05, 3.63) is 82.8 Å². The van der Waals surface area contributed by atoms with E-state index in [1.165, 1.54) is 12.1 Å². The van der Waals surface area contributed by atoms with Gasteiger partial charge in [0.25, 0.3) is 0 Å². The lowest BCUT2D eigenvalue weighted by Crippen LogP contribution is -2.35. The fourth-order valence-electron chi connectivity index (χ4n) is 3.66. The number of hydrogen-bond acceptors (Lipinski definition) is 4. The van der Waals surface area contributed by atoms with Gasteiger partial charge in [0.05, 0.1) is 17.4 Å². The van der Waals surface area contributed by atoms with Crippen LogP contribution in [0.2, 0.25) is 0 Å². The fraction of sp³-hybridized carbons (Fsp3) is 0.333. The van der Waals surface area contributed by atoms with Crippen molar-refractivity contribution in [2.75, 3.05) is 13.2 Å². The number of aromatic nitrogens is 2. The molecule has 0 spiro atoms. The maximum atomic E-state index is 13.9. The molecule has 0 amide bonds. The standard InChI is InChI=1S/C21H18F4N2O2/c22-17-7-2-1-4-14(17)12-18-26-27-19(29-18)20(8-10-28-11-9-20)15-5-3-6-16(13-15)21(23,24)25/h1-7,13H,8-12H2. The summed E-state index contributed by atoms with van der Waals surface area (Å²) in [4.78, 5) is 0. The number of nitrogens with zero attached hydrogens (tertiary/aromatic N) is 2. The zero-order chi connectivity index (χ0) is 20.5. The monoisotopic (exact) mass is 406 g/mol. The Balaban J connectivity index is 1.71. The second kappa shape index (κ2) is 7.59. The van der Waals surface area contributed by atoms with E-state index in [0.717, 1.165) is 12.1 Å². The van der Waals surface area contributed by atoms with E-state index in [4.69, 9.17) is 9.15 Å². The molecule has 152 valence electrons. The van der Waals surface area contributed by atoms with Crippen molar-refractivity contribution in [2.45, 2.75) is 30.9 Å². The Bertz CT molecular complexity index is 994. The maximum absolute atomic E-state index is 13.9. The van der Waals surface area contributed by atoms with Gasteiger partial charge in [0.1, 0.15) is 5.82 Å². The summed E-state index contributed by atoms with van der Waals surface area (Å²) in [5.74, 6) is 0.0558. The largest absolute Gasteiger partial charge is 0.424 e. The molecule has 1 fully saturated rings. The Morgan fingerprint density at radius 3 is 2.45 bits per heavy atom. The quantitative estimate of drug-likeness (QED) is 0.578. The van der Waals surface area contributed by atoms with Gasteiger partial charge < -0.3 is 9.15 Å². The normalized spacial score (nSPS) is 16.7. The highest BCUT2D eigenvalue weighted by Crippen LogP contribution is 2.42. The molecule has 2 aromatic carbocycles. The molecule has 29 heavy (non-hydrogen) atoms. The predicted octanol–water partition coefficient (Wildman–Crippen LogP) is 4.91. The number of alkyl halides is 3. The molecule has 1 aliphatic rings. The minimum Gasteiger partial charge on any atom is -0.424 e. The lowest BCUT2D eigenvalue weighted by atomic mass is 9.73. The van der Waals surface area contributed by atoms with E-state index in [1.807, 2.05) is 0 Å². The average Bonchev–Trinajstić information content (AvgIpc) is 3.19. The fourth-order valence-corrected chi connectivity index (χ4v) is 3.66. The number of benzene rings is 2. The van der Waals surface area contributed by atoms with Crippen LogP contribution in [-0.4, -0.2) is 23.4 Å². The zero-order valence-corrected chi connectivity index (χ0v) is 15.4. The summed E-state index contributed by atoms with van der Waals surface area (Å²) in [6.07, 6.45) is -3.52. The van der Waals surface area contributed by atoms with Gasteiger partial charge in [-0.2, -0.15) is 13.2 Å². The molecule has 0 aliphatic carbocycles. The minimum atomic E-state index is -4.45. The number of hydrogen-bond donors (Lipinski definition) is 0. The van der Waals surface area contributed by atoms with Crippen LogP contribution in [0.3, 0.4) is 0 Å². The zero-order valence-electron chi connectivity index (χ0n) is 15.4. The van der Waals surface area contributed by atoms with Gasteiger partial charge in [-0.1, -0.05) is 36.4 Å². The van der Waals surface area contributed by atoms with Crippen molar-refractivity contribution in [1.29, 1.82) is 0 Å². The maximum Gasteiger partial charge on any atom is 0.416 e. The molecule has 0 unspecified atom stereocenters. The molecule has 1 saturated heterocycles. The average molecular weight is 406 g/mol. The number of rotatable bonds is 4. The molecule has 3 aromatic rings. The Morgan fingerprint density at radius 1 is 0.966 bits per heavy atom. The van der Waals surface area contributed by atoms with Crippen LogP contribution in [0, 0.1) is 5.82 Å². The van der Waals surface area contributed by atoms with Crippen LogP contribution < -0.4 is 0 Å².